The van der Waals surface area contributed by atoms with Gasteiger partial charge in [-0.2, -0.15) is 13.2 Å². The Labute approximate surface area is 122 Å². The Kier molecular flexibility index (Phi) is 5.80. The maximum absolute atomic E-state index is 12.0. The standard InChI is InChI=1S/C12H19F3N2O3S/c1-3-4-5-17(2)21(19,20)8-9-6-10(7-9)16-11(18)12(13,14)15/h3,9-10H,1,4-8H2,2H3,(H,16,18). The van der Waals surface area contributed by atoms with Crippen molar-refractivity contribution in [3.05, 3.63) is 12.7 Å². The van der Waals surface area contributed by atoms with Crippen molar-refractivity contribution in [2.75, 3.05) is 19.3 Å². The van der Waals surface area contributed by atoms with E-state index in [9.17, 15) is 26.4 Å². The second kappa shape index (κ2) is 6.78. The molecule has 1 N–H and O–H groups in total. The van der Waals surface area contributed by atoms with Gasteiger partial charge in [0.05, 0.1) is 5.75 Å². The van der Waals surface area contributed by atoms with E-state index in [1.165, 1.54) is 11.4 Å². The SMILES string of the molecule is C=CCCN(C)S(=O)(=O)CC1CC(NC(=O)C(F)(F)F)C1. The van der Waals surface area contributed by atoms with Crippen molar-refractivity contribution in [1.29, 1.82) is 0 Å². The normalized spacial score (nSPS) is 22.7. The summed E-state index contributed by atoms with van der Waals surface area (Å²) in [6.45, 7) is 3.83. The van der Waals surface area contributed by atoms with Gasteiger partial charge >= 0.3 is 12.1 Å². The van der Waals surface area contributed by atoms with E-state index in [0.717, 1.165) is 0 Å². The maximum atomic E-state index is 12.0. The van der Waals surface area contributed by atoms with Crippen molar-refractivity contribution < 1.29 is 26.4 Å². The van der Waals surface area contributed by atoms with Gasteiger partial charge in [-0.1, -0.05) is 6.08 Å². The Morgan fingerprint density at radius 2 is 2.00 bits per heavy atom. The smallest absolute Gasteiger partial charge is 0.346 e. The zero-order valence-electron chi connectivity index (χ0n) is 11.7. The minimum Gasteiger partial charge on any atom is -0.346 e. The summed E-state index contributed by atoms with van der Waals surface area (Å²) in [6.07, 6.45) is -2.27. The summed E-state index contributed by atoms with van der Waals surface area (Å²) in [5.41, 5.74) is 0. The lowest BCUT2D eigenvalue weighted by Gasteiger charge is -2.36. The summed E-state index contributed by atoms with van der Waals surface area (Å²) in [6, 6.07) is -0.599. The summed E-state index contributed by atoms with van der Waals surface area (Å²) in [5, 5.41) is 1.85. The predicted molar refractivity (Wildman–Crippen MR) is 71.9 cm³/mol. The Hall–Kier alpha value is -1.09. The highest BCUT2D eigenvalue weighted by atomic mass is 32.2. The molecule has 9 heteroatoms. The number of halogens is 3. The molecule has 1 saturated carbocycles. The Morgan fingerprint density at radius 3 is 2.48 bits per heavy atom. The number of sulfonamides is 1. The summed E-state index contributed by atoms with van der Waals surface area (Å²) in [5.74, 6) is -2.31. The molecule has 122 valence electrons. The third-order valence-electron chi connectivity index (χ3n) is 3.40. The zero-order valence-corrected chi connectivity index (χ0v) is 12.5. The monoisotopic (exact) mass is 328 g/mol. The summed E-state index contributed by atoms with van der Waals surface area (Å²) in [4.78, 5) is 10.7. The number of hydrogen-bond acceptors (Lipinski definition) is 3. The first kappa shape index (κ1) is 18.0. The van der Waals surface area contributed by atoms with Crippen LogP contribution in [0, 0.1) is 5.92 Å². The van der Waals surface area contributed by atoms with Crippen LogP contribution in [0.5, 0.6) is 0 Å². The molecule has 1 rings (SSSR count). The van der Waals surface area contributed by atoms with Crippen LogP contribution in [0.2, 0.25) is 0 Å². The number of carbonyl (C=O) groups excluding carboxylic acids is 1. The molecule has 1 aliphatic carbocycles. The number of amides is 1. The van der Waals surface area contributed by atoms with Gasteiger partial charge in [-0.25, -0.2) is 12.7 Å². The fourth-order valence-corrected chi connectivity index (χ4v) is 3.60. The van der Waals surface area contributed by atoms with Gasteiger partial charge in [0.25, 0.3) is 0 Å². The lowest BCUT2D eigenvalue weighted by molar-refractivity contribution is -0.175. The summed E-state index contributed by atoms with van der Waals surface area (Å²) in [7, 11) is -1.96. The molecule has 0 aromatic heterocycles. The number of alkyl halides is 3. The molecule has 0 atom stereocenters. The second-order valence-electron chi connectivity index (χ2n) is 5.18. The van der Waals surface area contributed by atoms with Crippen LogP contribution in [0.1, 0.15) is 19.3 Å². The Bertz CT molecular complexity index is 484. The van der Waals surface area contributed by atoms with Crippen molar-refractivity contribution in [3.8, 4) is 0 Å². The summed E-state index contributed by atoms with van der Waals surface area (Å²) < 4.78 is 61.2. The van der Waals surface area contributed by atoms with Crippen LogP contribution in [0.4, 0.5) is 13.2 Å². The molecule has 1 fully saturated rings. The Morgan fingerprint density at radius 1 is 1.43 bits per heavy atom. The minimum atomic E-state index is -4.90. The van der Waals surface area contributed by atoms with Gasteiger partial charge in [0.2, 0.25) is 10.0 Å². The van der Waals surface area contributed by atoms with Gasteiger partial charge in [-0.3, -0.25) is 4.79 Å². The van der Waals surface area contributed by atoms with Gasteiger partial charge in [-0.05, 0) is 25.2 Å². The number of carbonyl (C=O) groups is 1. The van der Waals surface area contributed by atoms with Gasteiger partial charge in [0.1, 0.15) is 0 Å². The quantitative estimate of drug-likeness (QED) is 0.716. The number of rotatable bonds is 7. The van der Waals surface area contributed by atoms with Gasteiger partial charge in [0, 0.05) is 19.6 Å². The first-order valence-corrected chi connectivity index (χ1v) is 8.09. The number of nitrogens with one attached hydrogen (secondary N) is 1. The molecule has 0 spiro atoms. The van der Waals surface area contributed by atoms with Crippen LogP contribution >= 0.6 is 0 Å². The van der Waals surface area contributed by atoms with Crippen LogP contribution < -0.4 is 5.32 Å². The largest absolute Gasteiger partial charge is 0.471 e. The molecule has 1 aliphatic rings. The van der Waals surface area contributed by atoms with E-state index in [-0.39, 0.29) is 24.5 Å². The maximum Gasteiger partial charge on any atom is 0.471 e. The average molecular weight is 328 g/mol. The lowest BCUT2D eigenvalue weighted by atomic mass is 9.81. The van der Waals surface area contributed by atoms with E-state index < -0.39 is 28.1 Å². The molecule has 0 aromatic carbocycles. The van der Waals surface area contributed by atoms with Crippen molar-refractivity contribution in [2.24, 2.45) is 5.92 Å². The van der Waals surface area contributed by atoms with E-state index in [2.05, 4.69) is 6.58 Å². The predicted octanol–water partition coefficient (Wildman–Crippen LogP) is 1.28. The van der Waals surface area contributed by atoms with Crippen LogP contribution in [0.15, 0.2) is 12.7 Å². The fourth-order valence-electron chi connectivity index (χ4n) is 2.09. The highest BCUT2D eigenvalue weighted by molar-refractivity contribution is 7.89. The first-order chi connectivity index (χ1) is 9.56. The molecule has 0 aromatic rings. The molecule has 0 unspecified atom stereocenters. The van der Waals surface area contributed by atoms with Crippen molar-refractivity contribution in [1.82, 2.24) is 9.62 Å². The minimum absolute atomic E-state index is 0.112. The first-order valence-electron chi connectivity index (χ1n) is 6.49. The molecule has 0 radical (unpaired) electrons. The van der Waals surface area contributed by atoms with Crippen LogP contribution in [-0.4, -0.2) is 50.2 Å². The molecule has 5 nitrogen and oxygen atoms in total. The van der Waals surface area contributed by atoms with Gasteiger partial charge in [0.15, 0.2) is 0 Å². The molecule has 1 amide bonds. The fraction of sp³-hybridized carbons (Fsp3) is 0.750. The molecular weight excluding hydrogens is 309 g/mol. The molecule has 21 heavy (non-hydrogen) atoms. The average Bonchev–Trinajstić information content (AvgIpc) is 2.31. The third-order valence-corrected chi connectivity index (χ3v) is 5.42. The second-order valence-corrected chi connectivity index (χ2v) is 7.30. The van der Waals surface area contributed by atoms with Crippen LogP contribution in [0.3, 0.4) is 0 Å². The van der Waals surface area contributed by atoms with Gasteiger partial charge in [-0.15, -0.1) is 6.58 Å². The van der Waals surface area contributed by atoms with Crippen molar-refractivity contribution >= 4 is 15.9 Å². The topological polar surface area (TPSA) is 66.5 Å². The van der Waals surface area contributed by atoms with Gasteiger partial charge < -0.3 is 5.32 Å². The molecule has 0 aliphatic heterocycles. The number of hydrogen-bond donors (Lipinski definition) is 1. The third kappa shape index (κ3) is 5.31. The van der Waals surface area contributed by atoms with Crippen molar-refractivity contribution in [3.63, 3.8) is 0 Å². The van der Waals surface area contributed by atoms with E-state index in [1.807, 2.05) is 5.32 Å². The van der Waals surface area contributed by atoms with Crippen molar-refractivity contribution in [2.45, 2.75) is 31.5 Å². The zero-order chi connectivity index (χ0) is 16.3. The summed E-state index contributed by atoms with van der Waals surface area (Å²) >= 11 is 0. The van der Waals surface area contributed by atoms with E-state index in [4.69, 9.17) is 0 Å². The molecular formula is C12H19F3N2O3S. The van der Waals surface area contributed by atoms with E-state index in [0.29, 0.717) is 13.0 Å². The van der Waals surface area contributed by atoms with E-state index in [1.54, 1.807) is 6.08 Å². The van der Waals surface area contributed by atoms with Crippen LogP contribution in [0.25, 0.3) is 0 Å². The highest BCUT2D eigenvalue weighted by Gasteiger charge is 2.42. The lowest BCUT2D eigenvalue weighted by Crippen LogP contribution is -2.50. The van der Waals surface area contributed by atoms with Crippen LogP contribution in [-0.2, 0) is 14.8 Å². The molecule has 0 heterocycles. The number of nitrogens with zero attached hydrogens (tertiary/aromatic N) is 1. The highest BCUT2D eigenvalue weighted by Crippen LogP contribution is 2.30. The van der Waals surface area contributed by atoms with E-state index >= 15 is 0 Å². The molecule has 0 saturated heterocycles. The molecule has 0 bridgehead atoms. The Balaban J connectivity index is 2.38.